The molecule has 4 amide bonds. The van der Waals surface area contributed by atoms with Gasteiger partial charge in [-0.25, -0.2) is 0 Å². The van der Waals surface area contributed by atoms with E-state index in [1.54, 1.807) is 24.3 Å². The Morgan fingerprint density at radius 1 is 0.689 bits per heavy atom. The van der Waals surface area contributed by atoms with Gasteiger partial charge in [0.05, 0.1) is 6.04 Å². The zero-order valence-electron chi connectivity index (χ0n) is 33.7. The number of fused-ring (bicyclic) bond motifs is 16. The molecule has 316 valence electrons. The van der Waals surface area contributed by atoms with Crippen LogP contribution in [0.3, 0.4) is 0 Å². The normalized spacial score (nSPS) is 19.0. The van der Waals surface area contributed by atoms with E-state index in [-0.39, 0.29) is 63.9 Å². The van der Waals surface area contributed by atoms with Crippen LogP contribution in [-0.4, -0.2) is 71.8 Å². The predicted octanol–water partition coefficient (Wildman–Crippen LogP) is 5.48. The van der Waals surface area contributed by atoms with Gasteiger partial charge in [0.1, 0.15) is 17.8 Å². The van der Waals surface area contributed by atoms with Crippen LogP contribution in [0.25, 0.3) is 11.1 Å². The van der Waals surface area contributed by atoms with Crippen LogP contribution in [0.15, 0.2) is 127 Å². The summed E-state index contributed by atoms with van der Waals surface area (Å²) in [5.74, 6) is -3.97. The molecule has 2 bridgehead atoms. The number of rotatable bonds is 13. The number of aryl methyl sites for hydroxylation is 1. The number of benzene rings is 4. The minimum atomic E-state index is -1.16. The Bertz CT molecular complexity index is 2230. The van der Waals surface area contributed by atoms with Crippen molar-refractivity contribution in [2.45, 2.75) is 69.5 Å². The first kappa shape index (κ1) is 44.0. The third-order valence-electron chi connectivity index (χ3n) is 10.5. The summed E-state index contributed by atoms with van der Waals surface area (Å²) in [6.45, 7) is -0.274. The minimum absolute atomic E-state index is 0.0738. The summed E-state index contributed by atoms with van der Waals surface area (Å²) in [6, 6.07) is 34.3. The van der Waals surface area contributed by atoms with Gasteiger partial charge in [-0.05, 0) is 77.1 Å². The van der Waals surface area contributed by atoms with Crippen molar-refractivity contribution in [3.63, 3.8) is 0 Å². The molecule has 12 nitrogen and oxygen atoms in total. The molecule has 0 fully saturated rings. The summed E-state index contributed by atoms with van der Waals surface area (Å²) < 4.78 is 5.78. The number of thiophene rings is 1. The number of ether oxygens (including phenoxy) is 1. The van der Waals surface area contributed by atoms with Crippen LogP contribution >= 0.6 is 11.3 Å². The van der Waals surface area contributed by atoms with E-state index >= 15 is 0 Å². The average molecular weight is 843 g/mol. The average Bonchev–Trinajstić information content (AvgIpc) is 3.79. The van der Waals surface area contributed by atoms with Crippen LogP contribution in [0.2, 0.25) is 0 Å². The van der Waals surface area contributed by atoms with E-state index in [4.69, 9.17) is 9.84 Å². The Hall–Kier alpha value is -6.60. The fourth-order valence-corrected chi connectivity index (χ4v) is 7.94. The molecule has 2 aliphatic heterocycles. The van der Waals surface area contributed by atoms with E-state index in [2.05, 4.69) is 21.3 Å². The first-order valence-corrected chi connectivity index (χ1v) is 21.3. The molecule has 0 radical (unpaired) electrons. The number of carboxylic acids is 1. The summed E-state index contributed by atoms with van der Waals surface area (Å²) >= 11 is 1.44. The second-order valence-corrected chi connectivity index (χ2v) is 16.1. The van der Waals surface area contributed by atoms with Crippen molar-refractivity contribution in [3.05, 3.63) is 148 Å². The molecule has 5 N–H and O–H groups in total. The van der Waals surface area contributed by atoms with E-state index in [1.165, 1.54) is 11.3 Å². The van der Waals surface area contributed by atoms with Crippen LogP contribution < -0.4 is 26.0 Å². The largest absolute Gasteiger partial charge is 0.484 e. The van der Waals surface area contributed by atoms with E-state index in [0.29, 0.717) is 12.2 Å². The number of ketones is 1. The van der Waals surface area contributed by atoms with Gasteiger partial charge in [-0.1, -0.05) is 103 Å². The Balaban J connectivity index is 1.33. The van der Waals surface area contributed by atoms with Gasteiger partial charge < -0.3 is 31.1 Å². The quantitative estimate of drug-likeness (QED) is 0.0764. The Labute approximate surface area is 359 Å². The van der Waals surface area contributed by atoms with Gasteiger partial charge in [0.15, 0.2) is 12.4 Å². The highest BCUT2D eigenvalue weighted by Gasteiger charge is 2.32. The number of carbonyl (C=O) groups is 6. The summed E-state index contributed by atoms with van der Waals surface area (Å²) in [4.78, 5) is 82.2. The van der Waals surface area contributed by atoms with Crippen LogP contribution in [0.1, 0.15) is 47.3 Å². The molecule has 13 heteroatoms. The monoisotopic (exact) mass is 842 g/mol. The van der Waals surface area contributed by atoms with Crippen LogP contribution in [-0.2, 0) is 54.5 Å². The van der Waals surface area contributed by atoms with Crippen molar-refractivity contribution in [1.29, 1.82) is 0 Å². The lowest BCUT2D eigenvalue weighted by atomic mass is 9.89. The molecule has 1 aromatic heterocycles. The number of Topliss-reactive ketones (excluding diaryl/α,β-unsaturated/α-hetero) is 1. The molecule has 5 aromatic rings. The molecule has 3 heterocycles. The fraction of sp³-hybridized carbons (Fsp3) is 0.292. The van der Waals surface area contributed by atoms with Gasteiger partial charge in [0, 0.05) is 43.0 Å². The number of nitrogens with one attached hydrogen (secondary N) is 4. The zero-order valence-corrected chi connectivity index (χ0v) is 34.5. The summed E-state index contributed by atoms with van der Waals surface area (Å²) in [6.07, 6.45) is 0.941. The van der Waals surface area contributed by atoms with Gasteiger partial charge in [-0.2, -0.15) is 0 Å². The molecule has 0 unspecified atom stereocenters. The zero-order chi connectivity index (χ0) is 43.0. The second-order valence-electron chi connectivity index (χ2n) is 15.1. The molecule has 4 aromatic carbocycles. The maximum Gasteiger partial charge on any atom is 0.303 e. The summed E-state index contributed by atoms with van der Waals surface area (Å²) in [7, 11) is 0. The summed E-state index contributed by atoms with van der Waals surface area (Å²) in [5.41, 5.74) is 4.42. The van der Waals surface area contributed by atoms with Crippen molar-refractivity contribution < 1.29 is 38.6 Å². The predicted molar refractivity (Wildman–Crippen MR) is 233 cm³/mol. The molecular weight excluding hydrogens is 793 g/mol. The van der Waals surface area contributed by atoms with Gasteiger partial charge in [-0.15, -0.1) is 11.3 Å². The number of hydrogen-bond donors (Lipinski definition) is 5. The van der Waals surface area contributed by atoms with Crippen molar-refractivity contribution in [1.82, 2.24) is 21.3 Å². The number of hydrogen-bond acceptors (Lipinski definition) is 8. The lowest BCUT2D eigenvalue weighted by molar-refractivity contribution is -0.137. The van der Waals surface area contributed by atoms with Gasteiger partial charge in [0.25, 0.3) is 5.91 Å². The Kier molecular flexibility index (Phi) is 15.9. The molecule has 0 spiro atoms. The number of amides is 4. The highest BCUT2D eigenvalue weighted by atomic mass is 32.1. The molecule has 7 rings (SSSR count). The molecule has 0 saturated carbocycles. The van der Waals surface area contributed by atoms with Crippen molar-refractivity contribution in [3.8, 4) is 16.9 Å². The standard InChI is InChI=1S/C48H50N4O8S/c53-43-29-37(46(57)49-25-7-14-45(55)56)27-33-17-22-38(23-18-33)60-31-44(54)50-42(30-39-13-8-26-61-39)48(59)52-41(47(58)51-40(43)24-19-32-9-3-1-4-10-32)28-34-15-20-36(21-16-34)35-11-5-2-6-12-35/h1-6,8-13,15-18,20-23,26,37,40-42H,7,14,19,24-25,27-31H2,(H,49,57)(H,50,54)(H,51,58)(H,52,59)(H,55,56)/t37-,40-,41+,42-/m1/s1. The minimum Gasteiger partial charge on any atom is -0.484 e. The fourth-order valence-electron chi connectivity index (χ4n) is 7.19. The number of aliphatic carboxylic acids is 1. The van der Waals surface area contributed by atoms with E-state index in [9.17, 15) is 28.8 Å². The summed E-state index contributed by atoms with van der Waals surface area (Å²) in [5, 5.41) is 22.4. The lowest BCUT2D eigenvalue weighted by Gasteiger charge is -2.26. The number of carbonyl (C=O) groups excluding carboxylic acids is 5. The van der Waals surface area contributed by atoms with Crippen LogP contribution in [0.5, 0.6) is 5.75 Å². The molecule has 0 aliphatic carbocycles. The third kappa shape index (κ3) is 13.7. The molecule has 4 atom stereocenters. The maximum atomic E-state index is 14.6. The smallest absolute Gasteiger partial charge is 0.303 e. The van der Waals surface area contributed by atoms with E-state index < -0.39 is 53.6 Å². The van der Waals surface area contributed by atoms with E-state index in [1.807, 2.05) is 102 Å². The van der Waals surface area contributed by atoms with Gasteiger partial charge in [0.2, 0.25) is 17.7 Å². The van der Waals surface area contributed by atoms with Crippen molar-refractivity contribution >= 4 is 46.7 Å². The van der Waals surface area contributed by atoms with Crippen LogP contribution in [0.4, 0.5) is 0 Å². The highest BCUT2D eigenvalue weighted by molar-refractivity contribution is 7.09. The van der Waals surface area contributed by atoms with E-state index in [0.717, 1.165) is 32.7 Å². The molecule has 61 heavy (non-hydrogen) atoms. The topological polar surface area (TPSA) is 180 Å². The maximum absolute atomic E-state index is 14.6. The Morgan fingerprint density at radius 3 is 2.02 bits per heavy atom. The van der Waals surface area contributed by atoms with Crippen molar-refractivity contribution in [2.75, 3.05) is 13.2 Å². The highest BCUT2D eigenvalue weighted by Crippen LogP contribution is 2.22. The lowest BCUT2D eigenvalue weighted by Crippen LogP contribution is -2.57. The third-order valence-corrected chi connectivity index (χ3v) is 11.4. The van der Waals surface area contributed by atoms with Crippen LogP contribution in [0, 0.1) is 5.92 Å². The molecule has 2 aliphatic rings. The Morgan fingerprint density at radius 2 is 1.34 bits per heavy atom. The molecular formula is C48H50N4O8S. The second kappa shape index (κ2) is 22.1. The number of carboxylic acid groups (broad SMARTS) is 1. The van der Waals surface area contributed by atoms with Crippen molar-refractivity contribution in [2.24, 2.45) is 5.92 Å². The molecule has 0 saturated heterocycles. The van der Waals surface area contributed by atoms with Gasteiger partial charge >= 0.3 is 5.97 Å². The SMILES string of the molecule is O=C(O)CCCNC(=O)[C@H]1CC(=O)[C@@H](CCc2ccccc2)NC(=O)[C@H](Cc2ccc(-c3ccccc3)cc2)NC(=O)[C@@H](Cc2cccs2)NC(=O)COc2ccc(cc2)C1. The van der Waals surface area contributed by atoms with Gasteiger partial charge in [-0.3, -0.25) is 28.8 Å². The first-order chi connectivity index (χ1) is 29.6. The first-order valence-electron chi connectivity index (χ1n) is 20.4.